The molecule has 1 rings (SSSR count). The van der Waals surface area contributed by atoms with Crippen LogP contribution in [0, 0.1) is 5.82 Å². The van der Waals surface area contributed by atoms with Gasteiger partial charge in [-0.2, -0.15) is 0 Å². The topological polar surface area (TPSA) is 56.7 Å². The van der Waals surface area contributed by atoms with Gasteiger partial charge in [-0.05, 0) is 24.1 Å². The Kier molecular flexibility index (Phi) is 10.5. The highest BCUT2D eigenvalue weighted by molar-refractivity contribution is 14.0. The van der Waals surface area contributed by atoms with E-state index in [1.54, 1.807) is 38.2 Å². The predicted molar refractivity (Wildman–Crippen MR) is 98.2 cm³/mol. The Labute approximate surface area is 148 Å². The smallest absolute Gasteiger partial charge is 0.223 e. The van der Waals surface area contributed by atoms with Gasteiger partial charge in [-0.25, -0.2) is 4.39 Å². The van der Waals surface area contributed by atoms with Crippen LogP contribution in [0.2, 0.25) is 0 Å². The summed E-state index contributed by atoms with van der Waals surface area (Å²) in [5.41, 5.74) is 1.06. The van der Waals surface area contributed by atoms with Crippen molar-refractivity contribution in [3.63, 3.8) is 0 Å². The molecule has 0 aliphatic heterocycles. The van der Waals surface area contributed by atoms with Crippen molar-refractivity contribution in [1.82, 2.24) is 15.5 Å². The zero-order valence-electron chi connectivity index (χ0n) is 13.2. The van der Waals surface area contributed by atoms with Crippen molar-refractivity contribution in [1.29, 1.82) is 0 Å². The number of carbonyl (C=O) groups is 1. The largest absolute Gasteiger partial charge is 0.356 e. The van der Waals surface area contributed by atoms with Crippen LogP contribution in [0.25, 0.3) is 0 Å². The molecule has 0 heterocycles. The van der Waals surface area contributed by atoms with E-state index in [-0.39, 0.29) is 35.7 Å². The molecule has 0 aromatic heterocycles. The molecule has 1 aromatic carbocycles. The molecule has 22 heavy (non-hydrogen) atoms. The van der Waals surface area contributed by atoms with Crippen molar-refractivity contribution in [2.24, 2.45) is 4.99 Å². The number of nitrogens with zero attached hydrogens (tertiary/aromatic N) is 2. The number of hydrogen-bond acceptors (Lipinski definition) is 2. The van der Waals surface area contributed by atoms with Crippen LogP contribution in [-0.4, -0.2) is 51.0 Å². The van der Waals surface area contributed by atoms with Crippen LogP contribution in [-0.2, 0) is 11.2 Å². The molecule has 0 radical (unpaired) electrons. The lowest BCUT2D eigenvalue weighted by Gasteiger charge is -2.13. The van der Waals surface area contributed by atoms with E-state index in [9.17, 15) is 9.18 Å². The van der Waals surface area contributed by atoms with Crippen LogP contribution in [0.1, 0.15) is 12.0 Å². The first-order chi connectivity index (χ1) is 10.0. The van der Waals surface area contributed by atoms with Crippen molar-refractivity contribution in [2.75, 3.05) is 34.2 Å². The molecule has 0 unspecified atom stereocenters. The van der Waals surface area contributed by atoms with E-state index in [1.165, 1.54) is 12.1 Å². The molecule has 0 spiro atoms. The minimum absolute atomic E-state index is 0. The molecule has 124 valence electrons. The fraction of sp³-hybridized carbons (Fsp3) is 0.467. The van der Waals surface area contributed by atoms with E-state index in [1.807, 2.05) is 0 Å². The maximum absolute atomic E-state index is 12.8. The number of hydrogen-bond donors (Lipinski definition) is 2. The van der Waals surface area contributed by atoms with E-state index in [0.717, 1.165) is 12.0 Å². The molecule has 0 aliphatic carbocycles. The molecule has 0 bridgehead atoms. The molecule has 1 aromatic rings. The third-order valence-corrected chi connectivity index (χ3v) is 2.97. The molecule has 0 fully saturated rings. The van der Waals surface area contributed by atoms with E-state index in [2.05, 4.69) is 15.6 Å². The zero-order chi connectivity index (χ0) is 15.7. The number of aliphatic imine (C=N–C) groups is 1. The van der Waals surface area contributed by atoms with Gasteiger partial charge in [0.15, 0.2) is 5.96 Å². The number of amides is 1. The van der Waals surface area contributed by atoms with E-state index in [0.29, 0.717) is 25.5 Å². The Bertz CT molecular complexity index is 477. The first-order valence-corrected chi connectivity index (χ1v) is 6.92. The average molecular weight is 422 g/mol. The number of carbonyl (C=O) groups excluding carboxylic acids is 1. The van der Waals surface area contributed by atoms with Crippen LogP contribution in [0.4, 0.5) is 4.39 Å². The molecule has 0 saturated heterocycles. The summed E-state index contributed by atoms with van der Waals surface area (Å²) in [5, 5.41) is 6.24. The first-order valence-electron chi connectivity index (χ1n) is 6.92. The third kappa shape index (κ3) is 8.16. The van der Waals surface area contributed by atoms with Gasteiger partial charge in [-0.3, -0.25) is 9.79 Å². The second-order valence-corrected chi connectivity index (χ2v) is 4.84. The lowest BCUT2D eigenvalue weighted by Crippen LogP contribution is -2.40. The highest BCUT2D eigenvalue weighted by atomic mass is 127. The summed E-state index contributed by atoms with van der Waals surface area (Å²) < 4.78 is 12.8. The minimum atomic E-state index is -0.227. The summed E-state index contributed by atoms with van der Waals surface area (Å²) in [7, 11) is 5.15. The second-order valence-electron chi connectivity index (χ2n) is 4.84. The van der Waals surface area contributed by atoms with Gasteiger partial charge in [-0.1, -0.05) is 12.1 Å². The Morgan fingerprint density at radius 2 is 1.77 bits per heavy atom. The average Bonchev–Trinajstić information content (AvgIpc) is 2.47. The number of rotatable bonds is 6. The van der Waals surface area contributed by atoms with Crippen LogP contribution >= 0.6 is 24.0 Å². The summed E-state index contributed by atoms with van der Waals surface area (Å²) in [6.07, 6.45) is 1.20. The lowest BCUT2D eigenvalue weighted by atomic mass is 10.1. The van der Waals surface area contributed by atoms with Gasteiger partial charge in [0.05, 0.1) is 0 Å². The monoisotopic (exact) mass is 422 g/mol. The Morgan fingerprint density at radius 3 is 2.32 bits per heavy atom. The van der Waals surface area contributed by atoms with Crippen molar-refractivity contribution in [2.45, 2.75) is 12.8 Å². The maximum atomic E-state index is 12.8. The highest BCUT2D eigenvalue weighted by Crippen LogP contribution is 2.02. The summed E-state index contributed by atoms with van der Waals surface area (Å²) in [4.78, 5) is 17.1. The first kappa shape index (κ1) is 20.6. The van der Waals surface area contributed by atoms with Gasteiger partial charge < -0.3 is 15.5 Å². The van der Waals surface area contributed by atoms with Gasteiger partial charge in [0.2, 0.25) is 5.91 Å². The Morgan fingerprint density at radius 1 is 1.18 bits per heavy atom. The van der Waals surface area contributed by atoms with Crippen LogP contribution in [0.15, 0.2) is 29.3 Å². The maximum Gasteiger partial charge on any atom is 0.223 e. The van der Waals surface area contributed by atoms with E-state index in [4.69, 9.17) is 0 Å². The molecule has 2 N–H and O–H groups in total. The van der Waals surface area contributed by atoms with Gasteiger partial charge in [0, 0.05) is 40.7 Å². The normalized spacial score (nSPS) is 10.6. The van der Waals surface area contributed by atoms with E-state index < -0.39 is 0 Å². The fourth-order valence-electron chi connectivity index (χ4n) is 1.71. The van der Waals surface area contributed by atoms with Crippen molar-refractivity contribution in [3.8, 4) is 0 Å². The summed E-state index contributed by atoms with van der Waals surface area (Å²) in [6.45, 7) is 1.22. The number of benzene rings is 1. The van der Waals surface area contributed by atoms with Crippen LogP contribution in [0.5, 0.6) is 0 Å². The molecular formula is C15H24FIN4O. The summed E-state index contributed by atoms with van der Waals surface area (Å²) in [6, 6.07) is 6.44. The minimum Gasteiger partial charge on any atom is -0.356 e. The van der Waals surface area contributed by atoms with Gasteiger partial charge in [0.1, 0.15) is 5.82 Å². The van der Waals surface area contributed by atoms with Crippen molar-refractivity contribution in [3.05, 3.63) is 35.6 Å². The molecule has 7 heteroatoms. The molecule has 0 saturated carbocycles. The third-order valence-electron chi connectivity index (χ3n) is 2.97. The number of nitrogens with one attached hydrogen (secondary N) is 2. The van der Waals surface area contributed by atoms with Gasteiger partial charge in [-0.15, -0.1) is 24.0 Å². The highest BCUT2D eigenvalue weighted by Gasteiger charge is 2.04. The molecule has 0 atom stereocenters. The van der Waals surface area contributed by atoms with Crippen molar-refractivity contribution >= 4 is 35.8 Å². The van der Waals surface area contributed by atoms with Crippen molar-refractivity contribution < 1.29 is 9.18 Å². The van der Waals surface area contributed by atoms with Crippen LogP contribution in [0.3, 0.4) is 0 Å². The zero-order valence-corrected chi connectivity index (χ0v) is 15.6. The Balaban J connectivity index is 0.00000441. The number of guanidine groups is 1. The fourth-order valence-corrected chi connectivity index (χ4v) is 1.71. The second kappa shape index (κ2) is 11.2. The standard InChI is InChI=1S/C15H23FN4O.HI/c1-17-15(19-11-9-14(21)20(2)3)18-10-8-12-4-6-13(16)7-5-12;/h4-7H,8-11H2,1-3H3,(H2,17,18,19);1H. The SMILES string of the molecule is CN=C(NCCC(=O)N(C)C)NCCc1ccc(F)cc1.I. The summed E-state index contributed by atoms with van der Waals surface area (Å²) >= 11 is 0. The van der Waals surface area contributed by atoms with Gasteiger partial charge >= 0.3 is 0 Å². The predicted octanol–water partition coefficient (Wildman–Crippen LogP) is 1.63. The molecule has 1 amide bonds. The Hall–Kier alpha value is -1.38. The molecule has 0 aliphatic rings. The lowest BCUT2D eigenvalue weighted by molar-refractivity contribution is -0.128. The summed E-state index contributed by atoms with van der Waals surface area (Å²) in [5.74, 6) is 0.502. The van der Waals surface area contributed by atoms with Gasteiger partial charge in [0.25, 0.3) is 0 Å². The quantitative estimate of drug-likeness (QED) is 0.417. The molecular weight excluding hydrogens is 398 g/mol. The number of halogens is 2. The molecule has 5 nitrogen and oxygen atoms in total. The van der Waals surface area contributed by atoms with Crippen LogP contribution < -0.4 is 10.6 Å². The van der Waals surface area contributed by atoms with E-state index >= 15 is 0 Å².